The van der Waals surface area contributed by atoms with Gasteiger partial charge < -0.3 is 4.90 Å². The number of rotatable bonds is 4. The highest BCUT2D eigenvalue weighted by atomic mass is 32.2. The monoisotopic (exact) mass is 447 g/mol. The van der Waals surface area contributed by atoms with Crippen molar-refractivity contribution < 1.29 is 13.2 Å². The fraction of sp³-hybridized carbons (Fsp3) is 0.300. The Morgan fingerprint density at radius 3 is 2.48 bits per heavy atom. The lowest BCUT2D eigenvalue weighted by atomic mass is 10.2. The predicted molar refractivity (Wildman–Crippen MR) is 116 cm³/mol. The molecule has 3 heterocycles. The van der Waals surface area contributed by atoms with Crippen LogP contribution in [0.3, 0.4) is 0 Å². The number of piperazine rings is 1. The third kappa shape index (κ3) is 4.00. The zero-order chi connectivity index (χ0) is 20.6. The van der Waals surface area contributed by atoms with Crippen molar-refractivity contribution in [2.24, 2.45) is 0 Å². The number of hydrogen-bond donors (Lipinski definition) is 0. The lowest BCUT2D eigenvalue weighted by Gasteiger charge is -2.34. The summed E-state index contributed by atoms with van der Waals surface area (Å²) >= 11 is 3.04. The summed E-state index contributed by atoms with van der Waals surface area (Å²) in [5, 5.41) is 6.58. The van der Waals surface area contributed by atoms with Crippen LogP contribution in [0.1, 0.15) is 21.6 Å². The minimum atomic E-state index is -3.57. The number of hydrogen-bond acceptors (Lipinski definition) is 6. The molecule has 9 heteroatoms. The summed E-state index contributed by atoms with van der Waals surface area (Å²) in [6.45, 7) is 5.03. The second kappa shape index (κ2) is 7.98. The van der Waals surface area contributed by atoms with Crippen molar-refractivity contribution in [2.75, 3.05) is 26.2 Å². The smallest absolute Gasteiger partial charge is 0.273 e. The second-order valence-corrected chi connectivity index (χ2v) is 10.6. The first kappa shape index (κ1) is 20.2. The number of thiazole rings is 1. The molecule has 4 rings (SSSR count). The van der Waals surface area contributed by atoms with Crippen LogP contribution in [0.4, 0.5) is 0 Å². The number of nitrogens with zero attached hydrogens (tertiary/aromatic N) is 3. The lowest BCUT2D eigenvalue weighted by molar-refractivity contribution is 0.0693. The summed E-state index contributed by atoms with van der Waals surface area (Å²) in [5.74, 6) is -0.147. The number of thiophene rings is 1. The van der Waals surface area contributed by atoms with Crippen molar-refractivity contribution in [3.05, 3.63) is 57.2 Å². The normalized spacial score (nSPS) is 15.6. The molecule has 1 saturated heterocycles. The molecular formula is C20H21N3O3S3. The molecule has 0 unspecified atom stereocenters. The van der Waals surface area contributed by atoms with Crippen molar-refractivity contribution >= 4 is 38.6 Å². The quantitative estimate of drug-likeness (QED) is 0.612. The Labute approximate surface area is 178 Å². The summed E-state index contributed by atoms with van der Waals surface area (Å²) in [5.41, 5.74) is 3.21. The Balaban J connectivity index is 1.44. The Hall–Kier alpha value is -2.07. The average molecular weight is 448 g/mol. The van der Waals surface area contributed by atoms with Gasteiger partial charge in [-0.1, -0.05) is 17.7 Å². The third-order valence-electron chi connectivity index (χ3n) is 4.97. The van der Waals surface area contributed by atoms with E-state index in [1.807, 2.05) is 42.8 Å². The standard InChI is InChI=1S/C20H21N3O3S3/c1-14-3-4-18(15(2)11-14)29(25,26)23-8-6-22(7-9-23)20(24)17-13-28-19(21-17)16-5-10-27-12-16/h3-5,10-13H,6-9H2,1-2H3. The Morgan fingerprint density at radius 2 is 1.83 bits per heavy atom. The van der Waals surface area contributed by atoms with Gasteiger partial charge >= 0.3 is 0 Å². The molecule has 1 aromatic carbocycles. The van der Waals surface area contributed by atoms with Crippen LogP contribution in [0.5, 0.6) is 0 Å². The minimum absolute atomic E-state index is 0.147. The van der Waals surface area contributed by atoms with E-state index < -0.39 is 10.0 Å². The van der Waals surface area contributed by atoms with Gasteiger partial charge in [-0.25, -0.2) is 13.4 Å². The van der Waals surface area contributed by atoms with E-state index in [1.165, 1.54) is 15.6 Å². The van der Waals surface area contributed by atoms with E-state index in [9.17, 15) is 13.2 Å². The average Bonchev–Trinajstić information content (AvgIpc) is 3.39. The van der Waals surface area contributed by atoms with Gasteiger partial charge in [0.1, 0.15) is 10.7 Å². The molecule has 0 atom stereocenters. The van der Waals surface area contributed by atoms with Gasteiger partial charge in [-0.05, 0) is 36.9 Å². The van der Waals surface area contributed by atoms with Crippen molar-refractivity contribution in [1.29, 1.82) is 0 Å². The van der Waals surface area contributed by atoms with Gasteiger partial charge in [-0.15, -0.1) is 11.3 Å². The molecule has 0 N–H and O–H groups in total. The fourth-order valence-electron chi connectivity index (χ4n) is 3.41. The number of sulfonamides is 1. The van der Waals surface area contributed by atoms with Gasteiger partial charge in [-0.3, -0.25) is 4.79 Å². The Morgan fingerprint density at radius 1 is 1.07 bits per heavy atom. The highest BCUT2D eigenvalue weighted by molar-refractivity contribution is 7.89. The maximum atomic E-state index is 13.0. The van der Waals surface area contributed by atoms with E-state index in [4.69, 9.17) is 0 Å². The van der Waals surface area contributed by atoms with Crippen LogP contribution < -0.4 is 0 Å². The van der Waals surface area contributed by atoms with Gasteiger partial charge in [0.2, 0.25) is 10.0 Å². The van der Waals surface area contributed by atoms with Crippen molar-refractivity contribution in [3.8, 4) is 10.6 Å². The lowest BCUT2D eigenvalue weighted by Crippen LogP contribution is -2.50. The molecule has 29 heavy (non-hydrogen) atoms. The minimum Gasteiger partial charge on any atom is -0.335 e. The van der Waals surface area contributed by atoms with Crippen molar-refractivity contribution in [2.45, 2.75) is 18.7 Å². The molecule has 0 spiro atoms. The molecular weight excluding hydrogens is 426 g/mol. The fourth-order valence-corrected chi connectivity index (χ4v) is 6.55. The number of carbonyl (C=O) groups excluding carboxylic acids is 1. The van der Waals surface area contributed by atoms with Crippen LogP contribution in [0, 0.1) is 13.8 Å². The van der Waals surface area contributed by atoms with Crippen molar-refractivity contribution in [1.82, 2.24) is 14.2 Å². The number of aromatic nitrogens is 1. The summed E-state index contributed by atoms with van der Waals surface area (Å²) in [7, 11) is -3.57. The molecule has 2 aromatic heterocycles. The van der Waals surface area contributed by atoms with Crippen LogP contribution in [-0.2, 0) is 10.0 Å². The maximum absolute atomic E-state index is 13.0. The summed E-state index contributed by atoms with van der Waals surface area (Å²) in [4.78, 5) is 19.3. The first-order valence-electron chi connectivity index (χ1n) is 9.21. The Bertz CT molecular complexity index is 1130. The van der Waals surface area contributed by atoms with Crippen LogP contribution in [0.2, 0.25) is 0 Å². The molecule has 152 valence electrons. The molecule has 0 radical (unpaired) electrons. The Kier molecular flexibility index (Phi) is 5.56. The number of amides is 1. The molecule has 1 aliphatic heterocycles. The summed E-state index contributed by atoms with van der Waals surface area (Å²) in [6, 6.07) is 7.33. The van der Waals surface area contributed by atoms with E-state index in [-0.39, 0.29) is 19.0 Å². The maximum Gasteiger partial charge on any atom is 0.273 e. The molecule has 0 saturated carbocycles. The van der Waals surface area contributed by atoms with Crippen LogP contribution in [-0.4, -0.2) is 54.7 Å². The first-order valence-corrected chi connectivity index (χ1v) is 12.5. The third-order valence-corrected chi connectivity index (χ3v) is 8.60. The van der Waals surface area contributed by atoms with Crippen LogP contribution >= 0.6 is 22.7 Å². The van der Waals surface area contributed by atoms with Gasteiger partial charge in [0.15, 0.2) is 0 Å². The molecule has 6 nitrogen and oxygen atoms in total. The van der Waals surface area contributed by atoms with E-state index >= 15 is 0 Å². The van der Waals surface area contributed by atoms with E-state index in [1.54, 1.807) is 27.7 Å². The van der Waals surface area contributed by atoms with Crippen molar-refractivity contribution in [3.63, 3.8) is 0 Å². The molecule has 0 bridgehead atoms. The van der Waals surface area contributed by atoms with E-state index in [0.29, 0.717) is 23.7 Å². The molecule has 1 aliphatic rings. The topological polar surface area (TPSA) is 70.6 Å². The SMILES string of the molecule is Cc1ccc(S(=O)(=O)N2CCN(C(=O)c3csc(-c4ccsc4)n3)CC2)c(C)c1. The number of carbonyl (C=O) groups is 1. The van der Waals surface area contributed by atoms with Gasteiger partial charge in [0, 0.05) is 42.5 Å². The zero-order valence-electron chi connectivity index (χ0n) is 16.2. The summed E-state index contributed by atoms with van der Waals surface area (Å²) in [6.07, 6.45) is 0. The van der Waals surface area contributed by atoms with Gasteiger partial charge in [-0.2, -0.15) is 15.6 Å². The zero-order valence-corrected chi connectivity index (χ0v) is 18.6. The predicted octanol–water partition coefficient (Wildman–Crippen LogP) is 3.64. The first-order chi connectivity index (χ1) is 13.9. The van der Waals surface area contributed by atoms with Gasteiger partial charge in [0.05, 0.1) is 4.90 Å². The number of benzene rings is 1. The summed E-state index contributed by atoms with van der Waals surface area (Å²) < 4.78 is 27.5. The largest absolute Gasteiger partial charge is 0.335 e. The highest BCUT2D eigenvalue weighted by Gasteiger charge is 2.31. The van der Waals surface area contributed by atoms with Crippen LogP contribution in [0.25, 0.3) is 10.6 Å². The van der Waals surface area contributed by atoms with E-state index in [0.717, 1.165) is 21.7 Å². The number of aryl methyl sites for hydroxylation is 2. The molecule has 1 amide bonds. The highest BCUT2D eigenvalue weighted by Crippen LogP contribution is 2.27. The van der Waals surface area contributed by atoms with E-state index in [2.05, 4.69) is 4.98 Å². The molecule has 0 aliphatic carbocycles. The molecule has 3 aromatic rings. The van der Waals surface area contributed by atoms with Gasteiger partial charge in [0.25, 0.3) is 5.91 Å². The van der Waals surface area contributed by atoms with Crippen LogP contribution in [0.15, 0.2) is 45.3 Å². The molecule has 1 fully saturated rings. The second-order valence-electron chi connectivity index (χ2n) is 7.02.